The highest BCUT2D eigenvalue weighted by Crippen LogP contribution is 2.54. The first-order valence-electron chi connectivity index (χ1n) is 8.73. The molecule has 24 heavy (non-hydrogen) atoms. The fourth-order valence-electron chi connectivity index (χ4n) is 2.48. The van der Waals surface area contributed by atoms with Crippen molar-refractivity contribution in [3.8, 4) is 11.5 Å². The van der Waals surface area contributed by atoms with Crippen LogP contribution in [0, 0.1) is 0 Å². The fourth-order valence-corrected chi connectivity index (χ4v) is 4.21. The van der Waals surface area contributed by atoms with Crippen LogP contribution in [-0.4, -0.2) is 5.66 Å². The van der Waals surface area contributed by atoms with E-state index in [1.165, 1.54) is 12.8 Å². The summed E-state index contributed by atoms with van der Waals surface area (Å²) >= 11 is 0. The van der Waals surface area contributed by atoms with Gasteiger partial charge in [-0.2, -0.15) is 0 Å². The van der Waals surface area contributed by atoms with Crippen molar-refractivity contribution >= 4 is 7.60 Å². The van der Waals surface area contributed by atoms with Gasteiger partial charge in [0.2, 0.25) is 0 Å². The largest absolute Gasteiger partial charge is 0.433 e. The van der Waals surface area contributed by atoms with Crippen LogP contribution in [-0.2, 0) is 4.57 Å². The van der Waals surface area contributed by atoms with Gasteiger partial charge in [-0.25, -0.2) is 4.57 Å². The van der Waals surface area contributed by atoms with Crippen molar-refractivity contribution in [1.82, 2.24) is 0 Å². The fraction of sp³-hybridized carbons (Fsp3) is 0.400. The number of rotatable bonds is 10. The van der Waals surface area contributed by atoms with E-state index < -0.39 is 7.60 Å². The Labute approximate surface area is 145 Å². The van der Waals surface area contributed by atoms with E-state index in [1.807, 2.05) is 67.6 Å². The molecule has 0 amide bonds. The minimum atomic E-state index is -3.30. The van der Waals surface area contributed by atoms with Gasteiger partial charge in [-0.15, -0.1) is 0 Å². The molecule has 2 aromatic carbocycles. The second-order valence-electron chi connectivity index (χ2n) is 6.05. The molecule has 0 radical (unpaired) electrons. The van der Waals surface area contributed by atoms with Crippen LogP contribution in [0.5, 0.6) is 11.5 Å². The van der Waals surface area contributed by atoms with Crippen LogP contribution in [0.1, 0.15) is 46.0 Å². The van der Waals surface area contributed by atoms with E-state index in [0.29, 0.717) is 11.5 Å². The van der Waals surface area contributed by atoms with Crippen LogP contribution in [0.25, 0.3) is 0 Å². The molecule has 0 N–H and O–H groups in total. The van der Waals surface area contributed by atoms with Crippen molar-refractivity contribution in [1.29, 1.82) is 0 Å². The van der Waals surface area contributed by atoms with Gasteiger partial charge in [-0.05, 0) is 37.6 Å². The third-order valence-corrected chi connectivity index (χ3v) is 6.24. The highest BCUT2D eigenvalue weighted by atomic mass is 31.2. The van der Waals surface area contributed by atoms with E-state index in [9.17, 15) is 4.57 Å². The van der Waals surface area contributed by atoms with Gasteiger partial charge in [0, 0.05) is 0 Å². The molecule has 0 aliphatic carbocycles. The standard InChI is InChI=1S/C20H27O3P/c1-3-4-5-8-13-18(2)24(21,22-19-14-9-6-10-15-19)23-20-16-11-7-12-17-20/h6-7,9-12,14-18H,3-5,8,13H2,1-2H3. The molecule has 0 aliphatic rings. The number of benzene rings is 2. The predicted octanol–water partition coefficient (Wildman–Crippen LogP) is 6.70. The maximum atomic E-state index is 13.5. The smallest absolute Gasteiger partial charge is 0.416 e. The lowest BCUT2D eigenvalue weighted by molar-refractivity contribution is 0.369. The molecule has 0 spiro atoms. The molecule has 0 saturated carbocycles. The molecule has 130 valence electrons. The van der Waals surface area contributed by atoms with Gasteiger partial charge in [-0.1, -0.05) is 69.0 Å². The van der Waals surface area contributed by atoms with E-state index in [1.54, 1.807) is 0 Å². The van der Waals surface area contributed by atoms with Crippen molar-refractivity contribution in [2.75, 3.05) is 0 Å². The second kappa shape index (κ2) is 9.54. The van der Waals surface area contributed by atoms with Crippen molar-refractivity contribution in [3.63, 3.8) is 0 Å². The molecule has 2 aromatic rings. The summed E-state index contributed by atoms with van der Waals surface area (Å²) < 4.78 is 25.2. The van der Waals surface area contributed by atoms with Crippen molar-refractivity contribution in [3.05, 3.63) is 60.7 Å². The van der Waals surface area contributed by atoms with Gasteiger partial charge >= 0.3 is 7.60 Å². The Morgan fingerprint density at radius 3 is 1.79 bits per heavy atom. The lowest BCUT2D eigenvalue weighted by atomic mass is 10.1. The van der Waals surface area contributed by atoms with Crippen molar-refractivity contribution in [2.24, 2.45) is 0 Å². The van der Waals surface area contributed by atoms with Gasteiger partial charge in [-0.3, -0.25) is 0 Å². The summed E-state index contributed by atoms with van der Waals surface area (Å²) in [5.74, 6) is 1.16. The molecule has 3 nitrogen and oxygen atoms in total. The highest BCUT2D eigenvalue weighted by Gasteiger charge is 2.35. The Morgan fingerprint density at radius 2 is 1.33 bits per heavy atom. The third-order valence-electron chi connectivity index (χ3n) is 3.97. The third kappa shape index (κ3) is 5.72. The maximum absolute atomic E-state index is 13.5. The summed E-state index contributed by atoms with van der Waals surface area (Å²) in [6, 6.07) is 18.5. The van der Waals surface area contributed by atoms with Crippen LogP contribution in [0.15, 0.2) is 60.7 Å². The summed E-state index contributed by atoms with van der Waals surface area (Å²) in [4.78, 5) is 0. The Balaban J connectivity index is 2.12. The molecule has 1 unspecified atom stereocenters. The lowest BCUT2D eigenvalue weighted by Gasteiger charge is -2.25. The summed E-state index contributed by atoms with van der Waals surface area (Å²) in [6.45, 7) is 4.14. The highest BCUT2D eigenvalue weighted by molar-refractivity contribution is 7.55. The summed E-state index contributed by atoms with van der Waals surface area (Å²) in [7, 11) is -3.30. The quantitative estimate of drug-likeness (QED) is 0.355. The van der Waals surface area contributed by atoms with E-state index in [2.05, 4.69) is 6.92 Å². The van der Waals surface area contributed by atoms with Crippen molar-refractivity contribution in [2.45, 2.75) is 51.6 Å². The molecular formula is C20H27O3P. The molecule has 1 atom stereocenters. The predicted molar refractivity (Wildman–Crippen MR) is 100.0 cm³/mol. The van der Waals surface area contributed by atoms with Gasteiger partial charge in [0.25, 0.3) is 0 Å². The van der Waals surface area contributed by atoms with E-state index in [0.717, 1.165) is 19.3 Å². The number of hydrogen-bond acceptors (Lipinski definition) is 3. The normalized spacial score (nSPS) is 12.6. The van der Waals surface area contributed by atoms with Crippen LogP contribution < -0.4 is 9.05 Å². The monoisotopic (exact) mass is 346 g/mol. The Bertz CT molecular complexity index is 582. The topological polar surface area (TPSA) is 35.5 Å². The van der Waals surface area contributed by atoms with Crippen molar-refractivity contribution < 1.29 is 13.6 Å². The number of unbranched alkanes of at least 4 members (excludes halogenated alkanes) is 3. The van der Waals surface area contributed by atoms with E-state index >= 15 is 0 Å². The van der Waals surface area contributed by atoms with Gasteiger partial charge in [0.15, 0.2) is 0 Å². The van der Waals surface area contributed by atoms with Gasteiger partial charge in [0.1, 0.15) is 11.5 Å². The van der Waals surface area contributed by atoms with Crippen LogP contribution in [0.2, 0.25) is 0 Å². The molecule has 0 bridgehead atoms. The van der Waals surface area contributed by atoms with Crippen LogP contribution in [0.4, 0.5) is 0 Å². The first-order chi connectivity index (χ1) is 11.6. The van der Waals surface area contributed by atoms with Gasteiger partial charge < -0.3 is 9.05 Å². The molecule has 4 heteroatoms. The van der Waals surface area contributed by atoms with Crippen LogP contribution >= 0.6 is 7.60 Å². The summed E-state index contributed by atoms with van der Waals surface area (Å²) in [5, 5.41) is 0. The molecule has 0 heterocycles. The van der Waals surface area contributed by atoms with Crippen LogP contribution in [0.3, 0.4) is 0 Å². The number of hydrogen-bond donors (Lipinski definition) is 0. The molecule has 0 saturated heterocycles. The molecular weight excluding hydrogens is 319 g/mol. The SMILES string of the molecule is CCCCCCC(C)P(=O)(Oc1ccccc1)Oc1ccccc1. The number of para-hydroxylation sites is 2. The zero-order valence-electron chi connectivity index (χ0n) is 14.6. The minimum Gasteiger partial charge on any atom is -0.416 e. The zero-order valence-corrected chi connectivity index (χ0v) is 15.5. The molecule has 0 aliphatic heterocycles. The van der Waals surface area contributed by atoms with Gasteiger partial charge in [0.05, 0.1) is 5.66 Å². The zero-order chi connectivity index (χ0) is 17.3. The first-order valence-corrected chi connectivity index (χ1v) is 10.3. The van der Waals surface area contributed by atoms with E-state index in [-0.39, 0.29) is 5.66 Å². The lowest BCUT2D eigenvalue weighted by Crippen LogP contribution is -2.14. The second-order valence-corrected chi connectivity index (χ2v) is 8.37. The molecule has 2 rings (SSSR count). The molecule has 0 aromatic heterocycles. The average Bonchev–Trinajstić information content (AvgIpc) is 2.60. The average molecular weight is 346 g/mol. The molecule has 0 fully saturated rings. The maximum Gasteiger partial charge on any atom is 0.433 e. The summed E-state index contributed by atoms with van der Waals surface area (Å²) in [5.41, 5.74) is -0.158. The minimum absolute atomic E-state index is 0.158. The Kier molecular flexibility index (Phi) is 7.39. The summed E-state index contributed by atoms with van der Waals surface area (Å²) in [6.07, 6.45) is 5.41. The Hall–Kier alpha value is -1.73. The Morgan fingerprint density at radius 1 is 0.833 bits per heavy atom. The first kappa shape index (κ1) is 18.6. The van der Waals surface area contributed by atoms with E-state index in [4.69, 9.17) is 9.05 Å².